The third-order valence-electron chi connectivity index (χ3n) is 2.94. The Morgan fingerprint density at radius 1 is 1.47 bits per heavy atom. The van der Waals surface area contributed by atoms with E-state index in [-0.39, 0.29) is 0 Å². The summed E-state index contributed by atoms with van der Waals surface area (Å²) in [5.74, 6) is 0. The quantitative estimate of drug-likeness (QED) is 0.801. The van der Waals surface area contributed by atoms with Crippen LogP contribution in [-0.2, 0) is 0 Å². The molecule has 3 nitrogen and oxygen atoms in total. The molecule has 4 heteroatoms. The van der Waals surface area contributed by atoms with E-state index in [9.17, 15) is 0 Å². The molecule has 3 rings (SSSR count). The second-order valence-electron chi connectivity index (χ2n) is 3.94. The van der Waals surface area contributed by atoms with Crippen LogP contribution in [-0.4, -0.2) is 22.9 Å². The molecule has 1 unspecified atom stereocenters. The van der Waals surface area contributed by atoms with Gasteiger partial charge in [-0.15, -0.1) is 0 Å². The molecule has 1 saturated heterocycles. The van der Waals surface area contributed by atoms with Crippen molar-refractivity contribution in [2.45, 2.75) is 12.5 Å². The van der Waals surface area contributed by atoms with Crippen molar-refractivity contribution >= 4 is 22.5 Å². The van der Waals surface area contributed by atoms with Crippen LogP contribution in [0.4, 0.5) is 0 Å². The van der Waals surface area contributed by atoms with E-state index in [1.54, 1.807) is 0 Å². The number of nitrogens with one attached hydrogen (secondary N) is 1. The van der Waals surface area contributed by atoms with Crippen LogP contribution >= 0.6 is 11.6 Å². The summed E-state index contributed by atoms with van der Waals surface area (Å²) < 4.78 is 2.10. The van der Waals surface area contributed by atoms with Crippen LogP contribution in [0.5, 0.6) is 0 Å². The van der Waals surface area contributed by atoms with Gasteiger partial charge in [-0.25, -0.2) is 0 Å². The van der Waals surface area contributed by atoms with E-state index in [4.69, 9.17) is 11.6 Å². The standard InChI is InChI=1S/C11H12ClN3/c12-9-1-2-11-8(5-9)6-14-15(11)10-3-4-13-7-10/h1-2,5-6,10,13H,3-4,7H2. The minimum absolute atomic E-state index is 0.490. The lowest BCUT2D eigenvalue weighted by Crippen LogP contribution is -2.14. The van der Waals surface area contributed by atoms with E-state index in [0.29, 0.717) is 6.04 Å². The van der Waals surface area contributed by atoms with Gasteiger partial charge in [-0.3, -0.25) is 4.68 Å². The number of halogens is 1. The zero-order valence-corrected chi connectivity index (χ0v) is 9.04. The second kappa shape index (κ2) is 3.51. The van der Waals surface area contributed by atoms with E-state index in [1.807, 2.05) is 24.4 Å². The van der Waals surface area contributed by atoms with E-state index < -0.39 is 0 Å². The molecule has 0 bridgehead atoms. The molecule has 1 atom stereocenters. The van der Waals surface area contributed by atoms with Crippen molar-refractivity contribution < 1.29 is 0 Å². The van der Waals surface area contributed by atoms with Gasteiger partial charge in [0.1, 0.15) is 0 Å². The Hall–Kier alpha value is -1.06. The lowest BCUT2D eigenvalue weighted by atomic mass is 10.2. The van der Waals surface area contributed by atoms with Gasteiger partial charge in [0, 0.05) is 17.0 Å². The van der Waals surface area contributed by atoms with E-state index in [0.717, 1.165) is 29.9 Å². The summed E-state index contributed by atoms with van der Waals surface area (Å²) in [6.07, 6.45) is 3.04. The fraction of sp³-hybridized carbons (Fsp3) is 0.364. The fourth-order valence-corrected chi connectivity index (χ4v) is 2.34. The van der Waals surface area contributed by atoms with Gasteiger partial charge in [-0.1, -0.05) is 11.6 Å². The van der Waals surface area contributed by atoms with Crippen molar-refractivity contribution in [2.75, 3.05) is 13.1 Å². The summed E-state index contributed by atoms with van der Waals surface area (Å²) in [7, 11) is 0. The molecule has 0 saturated carbocycles. The topological polar surface area (TPSA) is 29.9 Å². The molecule has 1 aromatic heterocycles. The summed E-state index contributed by atoms with van der Waals surface area (Å²) in [6.45, 7) is 2.10. The number of nitrogens with zero attached hydrogens (tertiary/aromatic N) is 2. The van der Waals surface area contributed by atoms with Gasteiger partial charge in [-0.05, 0) is 31.2 Å². The van der Waals surface area contributed by atoms with Crippen LogP contribution in [0.3, 0.4) is 0 Å². The molecule has 78 valence electrons. The summed E-state index contributed by atoms with van der Waals surface area (Å²) in [4.78, 5) is 0. The monoisotopic (exact) mass is 221 g/mol. The average molecular weight is 222 g/mol. The Kier molecular flexibility index (Phi) is 2.15. The summed E-state index contributed by atoms with van der Waals surface area (Å²) in [5, 5.41) is 9.68. The molecule has 1 N–H and O–H groups in total. The minimum atomic E-state index is 0.490. The first-order chi connectivity index (χ1) is 7.34. The molecule has 0 spiro atoms. The van der Waals surface area contributed by atoms with E-state index in [2.05, 4.69) is 15.1 Å². The highest BCUT2D eigenvalue weighted by atomic mass is 35.5. The number of hydrogen-bond donors (Lipinski definition) is 1. The van der Waals surface area contributed by atoms with Gasteiger partial charge in [0.15, 0.2) is 0 Å². The van der Waals surface area contributed by atoms with Crippen LogP contribution in [0, 0.1) is 0 Å². The van der Waals surface area contributed by atoms with E-state index >= 15 is 0 Å². The molecule has 1 aliphatic heterocycles. The Morgan fingerprint density at radius 3 is 3.20 bits per heavy atom. The molecule has 0 aliphatic carbocycles. The minimum Gasteiger partial charge on any atom is -0.315 e. The van der Waals surface area contributed by atoms with Crippen molar-refractivity contribution in [2.24, 2.45) is 0 Å². The maximum atomic E-state index is 5.94. The van der Waals surface area contributed by atoms with Crippen LogP contribution in [0.1, 0.15) is 12.5 Å². The molecule has 0 radical (unpaired) electrons. The summed E-state index contributed by atoms with van der Waals surface area (Å²) >= 11 is 5.94. The summed E-state index contributed by atoms with van der Waals surface area (Å²) in [6, 6.07) is 6.42. The van der Waals surface area contributed by atoms with Crippen LogP contribution in [0.25, 0.3) is 10.9 Å². The molecule has 1 aliphatic rings. The third-order valence-corrected chi connectivity index (χ3v) is 3.17. The van der Waals surface area contributed by atoms with Gasteiger partial charge in [0.05, 0.1) is 17.8 Å². The van der Waals surface area contributed by atoms with Crippen molar-refractivity contribution in [3.05, 3.63) is 29.4 Å². The van der Waals surface area contributed by atoms with Crippen molar-refractivity contribution in [1.82, 2.24) is 15.1 Å². The SMILES string of the molecule is Clc1ccc2c(cnn2C2CCNC2)c1. The van der Waals surface area contributed by atoms with Gasteiger partial charge < -0.3 is 5.32 Å². The van der Waals surface area contributed by atoms with Crippen molar-refractivity contribution in [3.8, 4) is 0 Å². The number of benzene rings is 1. The third kappa shape index (κ3) is 1.52. The lowest BCUT2D eigenvalue weighted by molar-refractivity contribution is 0.506. The zero-order valence-electron chi connectivity index (χ0n) is 8.28. The maximum Gasteiger partial charge on any atom is 0.0687 e. The average Bonchev–Trinajstić information content (AvgIpc) is 2.82. The smallest absolute Gasteiger partial charge is 0.0687 e. The Bertz CT molecular complexity index is 486. The van der Waals surface area contributed by atoms with Crippen molar-refractivity contribution in [1.29, 1.82) is 0 Å². The Morgan fingerprint density at radius 2 is 2.40 bits per heavy atom. The Labute approximate surface area is 93.0 Å². The molecular weight excluding hydrogens is 210 g/mol. The van der Waals surface area contributed by atoms with Gasteiger partial charge >= 0.3 is 0 Å². The van der Waals surface area contributed by atoms with E-state index in [1.165, 1.54) is 5.52 Å². The van der Waals surface area contributed by atoms with Crippen LogP contribution in [0.15, 0.2) is 24.4 Å². The highest BCUT2D eigenvalue weighted by molar-refractivity contribution is 6.31. The number of rotatable bonds is 1. The predicted octanol–water partition coefficient (Wildman–Crippen LogP) is 2.22. The molecule has 2 heterocycles. The first kappa shape index (κ1) is 9.19. The molecule has 1 aromatic carbocycles. The molecule has 2 aromatic rings. The normalized spacial score (nSPS) is 21.3. The second-order valence-corrected chi connectivity index (χ2v) is 4.38. The van der Waals surface area contributed by atoms with Gasteiger partial charge in [-0.2, -0.15) is 5.10 Å². The molecular formula is C11H12ClN3. The lowest BCUT2D eigenvalue weighted by Gasteiger charge is -2.10. The maximum absolute atomic E-state index is 5.94. The largest absolute Gasteiger partial charge is 0.315 e. The van der Waals surface area contributed by atoms with Crippen LogP contribution < -0.4 is 5.32 Å². The van der Waals surface area contributed by atoms with Gasteiger partial charge in [0.2, 0.25) is 0 Å². The molecule has 1 fully saturated rings. The molecule has 15 heavy (non-hydrogen) atoms. The first-order valence-corrected chi connectivity index (χ1v) is 5.56. The zero-order chi connectivity index (χ0) is 10.3. The highest BCUT2D eigenvalue weighted by Gasteiger charge is 2.18. The number of aromatic nitrogens is 2. The fourth-order valence-electron chi connectivity index (χ4n) is 2.16. The number of fused-ring (bicyclic) bond motifs is 1. The summed E-state index contributed by atoms with van der Waals surface area (Å²) in [5.41, 5.74) is 1.17. The van der Waals surface area contributed by atoms with Crippen molar-refractivity contribution in [3.63, 3.8) is 0 Å². The first-order valence-electron chi connectivity index (χ1n) is 5.18. The Balaban J connectivity index is 2.11. The molecule has 0 amide bonds. The number of hydrogen-bond acceptors (Lipinski definition) is 2. The van der Waals surface area contributed by atoms with Gasteiger partial charge in [0.25, 0.3) is 0 Å². The van der Waals surface area contributed by atoms with Crippen LogP contribution in [0.2, 0.25) is 5.02 Å². The highest BCUT2D eigenvalue weighted by Crippen LogP contribution is 2.24. The predicted molar refractivity (Wildman–Crippen MR) is 61.3 cm³/mol.